The highest BCUT2D eigenvalue weighted by molar-refractivity contribution is 6.33. The first kappa shape index (κ1) is 24.2. The van der Waals surface area contributed by atoms with E-state index in [1.165, 1.54) is 0 Å². The summed E-state index contributed by atoms with van der Waals surface area (Å²) in [5.41, 5.74) is 1.28. The molecule has 1 fully saturated rings. The maximum absolute atomic E-state index is 12.9. The molecule has 9 heteroatoms. The predicted octanol–water partition coefficient (Wildman–Crippen LogP) is 5.66. The van der Waals surface area contributed by atoms with Gasteiger partial charge in [-0.05, 0) is 17.7 Å². The average molecular weight is 492 g/mol. The van der Waals surface area contributed by atoms with Crippen molar-refractivity contribution in [2.24, 2.45) is 0 Å². The molecular formula is C25H25ClF3N3O2. The fourth-order valence-electron chi connectivity index (χ4n) is 3.86. The zero-order valence-corrected chi connectivity index (χ0v) is 19.4. The summed E-state index contributed by atoms with van der Waals surface area (Å²) in [6.45, 7) is 3.82. The third kappa shape index (κ3) is 5.93. The number of aromatic nitrogens is 1. The molecule has 1 aliphatic heterocycles. The molecule has 0 amide bonds. The van der Waals surface area contributed by atoms with Crippen LogP contribution in [0.15, 0.2) is 60.8 Å². The van der Waals surface area contributed by atoms with Crippen LogP contribution in [-0.4, -0.2) is 43.2 Å². The molecular weight excluding hydrogens is 467 g/mol. The third-order valence-corrected chi connectivity index (χ3v) is 6.00. The van der Waals surface area contributed by atoms with Crippen LogP contribution in [0.4, 0.5) is 19.0 Å². The minimum Gasteiger partial charge on any atom is -0.496 e. The van der Waals surface area contributed by atoms with E-state index in [0.717, 1.165) is 34.9 Å². The quantitative estimate of drug-likeness (QED) is 0.426. The lowest BCUT2D eigenvalue weighted by Gasteiger charge is -2.36. The fraction of sp³-hybridized carbons (Fsp3) is 0.320. The van der Waals surface area contributed by atoms with Gasteiger partial charge in [0.15, 0.2) is 0 Å². The number of alkyl halides is 3. The number of anilines is 1. The van der Waals surface area contributed by atoms with Gasteiger partial charge >= 0.3 is 6.18 Å². The lowest BCUT2D eigenvalue weighted by molar-refractivity contribution is -0.137. The van der Waals surface area contributed by atoms with Gasteiger partial charge in [-0.15, -0.1) is 0 Å². The number of methoxy groups -OCH3 is 1. The van der Waals surface area contributed by atoms with Gasteiger partial charge in [0.2, 0.25) is 0 Å². The topological polar surface area (TPSA) is 37.8 Å². The van der Waals surface area contributed by atoms with E-state index in [9.17, 15) is 13.2 Å². The van der Waals surface area contributed by atoms with Gasteiger partial charge in [0, 0.05) is 50.6 Å². The lowest BCUT2D eigenvalue weighted by Crippen LogP contribution is -2.46. The fourth-order valence-corrected chi connectivity index (χ4v) is 4.15. The van der Waals surface area contributed by atoms with E-state index in [2.05, 4.69) is 9.88 Å². The first-order valence-corrected chi connectivity index (χ1v) is 11.2. The summed E-state index contributed by atoms with van der Waals surface area (Å²) >= 11 is 6.11. The second-order valence-corrected chi connectivity index (χ2v) is 8.45. The minimum atomic E-state index is -4.46. The Kier molecular flexibility index (Phi) is 7.48. The van der Waals surface area contributed by atoms with Crippen molar-refractivity contribution in [2.75, 3.05) is 38.2 Å². The van der Waals surface area contributed by atoms with Crippen molar-refractivity contribution in [1.29, 1.82) is 0 Å². The monoisotopic (exact) mass is 491 g/mol. The summed E-state index contributed by atoms with van der Waals surface area (Å²) in [7, 11) is 1.63. The third-order valence-electron chi connectivity index (χ3n) is 5.72. The number of nitrogens with zero attached hydrogens (tertiary/aromatic N) is 3. The number of benzene rings is 2. The van der Waals surface area contributed by atoms with Crippen molar-refractivity contribution in [1.82, 2.24) is 9.88 Å². The highest BCUT2D eigenvalue weighted by atomic mass is 35.5. The number of rotatable bonds is 7. The summed E-state index contributed by atoms with van der Waals surface area (Å²) in [5, 5.41) is 0.0102. The average Bonchev–Trinajstić information content (AvgIpc) is 2.84. The first-order valence-electron chi connectivity index (χ1n) is 10.9. The standard InChI is InChI=1S/C25H25ClF3N3O2/c1-33-23-14-21(34-17-18-5-3-2-4-6-18)8-7-19(23)16-31-9-11-32(12-10-31)24-22(26)13-20(15-30-24)25(27,28)29/h2-8,13-15H,9-12,16-17H2,1H3. The van der Waals surface area contributed by atoms with Gasteiger partial charge in [-0.2, -0.15) is 13.2 Å². The molecule has 1 aromatic heterocycles. The highest BCUT2D eigenvalue weighted by Gasteiger charge is 2.32. The molecule has 3 aromatic rings. The molecule has 2 aromatic carbocycles. The molecule has 180 valence electrons. The van der Waals surface area contributed by atoms with Crippen LogP contribution in [0.2, 0.25) is 5.02 Å². The van der Waals surface area contributed by atoms with E-state index in [4.69, 9.17) is 21.1 Å². The Hall–Kier alpha value is -2.97. The molecule has 1 saturated heterocycles. The van der Waals surface area contributed by atoms with E-state index >= 15 is 0 Å². The Bertz CT molecular complexity index is 1100. The molecule has 0 aliphatic carbocycles. The van der Waals surface area contributed by atoms with E-state index in [-0.39, 0.29) is 5.02 Å². The van der Waals surface area contributed by atoms with Crippen LogP contribution in [0.1, 0.15) is 16.7 Å². The Morgan fingerprint density at radius 1 is 1.00 bits per heavy atom. The van der Waals surface area contributed by atoms with Crippen LogP contribution in [0, 0.1) is 0 Å². The van der Waals surface area contributed by atoms with Gasteiger partial charge in [0.25, 0.3) is 0 Å². The largest absolute Gasteiger partial charge is 0.496 e. The number of ether oxygens (including phenoxy) is 2. The normalized spacial score (nSPS) is 14.8. The Morgan fingerprint density at radius 2 is 1.74 bits per heavy atom. The van der Waals surface area contributed by atoms with Crippen LogP contribution in [0.25, 0.3) is 0 Å². The molecule has 0 radical (unpaired) electrons. The van der Waals surface area contributed by atoms with Gasteiger partial charge in [0.05, 0.1) is 17.7 Å². The second kappa shape index (κ2) is 10.5. The van der Waals surface area contributed by atoms with Crippen LogP contribution in [0.3, 0.4) is 0 Å². The summed E-state index contributed by atoms with van der Waals surface area (Å²) in [6, 6.07) is 16.7. The molecule has 0 bridgehead atoms. The van der Waals surface area contributed by atoms with Crippen LogP contribution < -0.4 is 14.4 Å². The summed E-state index contributed by atoms with van der Waals surface area (Å²) in [6.07, 6.45) is -3.63. The van der Waals surface area contributed by atoms with Gasteiger partial charge in [-0.25, -0.2) is 4.98 Å². The van der Waals surface area contributed by atoms with Crippen molar-refractivity contribution >= 4 is 17.4 Å². The van der Waals surface area contributed by atoms with Gasteiger partial charge in [-0.1, -0.05) is 48.0 Å². The summed E-state index contributed by atoms with van der Waals surface area (Å²) < 4.78 is 50.1. The van der Waals surface area contributed by atoms with Crippen molar-refractivity contribution in [3.63, 3.8) is 0 Å². The van der Waals surface area contributed by atoms with E-state index in [1.807, 2.05) is 53.4 Å². The number of hydrogen-bond acceptors (Lipinski definition) is 5. The van der Waals surface area contributed by atoms with Gasteiger partial charge in [-0.3, -0.25) is 4.90 Å². The molecule has 34 heavy (non-hydrogen) atoms. The lowest BCUT2D eigenvalue weighted by atomic mass is 10.1. The van der Waals surface area contributed by atoms with E-state index in [0.29, 0.717) is 45.1 Å². The van der Waals surface area contributed by atoms with Crippen LogP contribution in [-0.2, 0) is 19.3 Å². The molecule has 4 rings (SSSR count). The highest BCUT2D eigenvalue weighted by Crippen LogP contribution is 2.34. The number of pyridine rings is 1. The van der Waals surface area contributed by atoms with E-state index < -0.39 is 11.7 Å². The maximum Gasteiger partial charge on any atom is 0.417 e. The van der Waals surface area contributed by atoms with Crippen molar-refractivity contribution in [3.05, 3.63) is 82.5 Å². The molecule has 5 nitrogen and oxygen atoms in total. The summed E-state index contributed by atoms with van der Waals surface area (Å²) in [5.74, 6) is 1.87. The van der Waals surface area contributed by atoms with Crippen molar-refractivity contribution in [2.45, 2.75) is 19.3 Å². The number of halogens is 4. The molecule has 0 saturated carbocycles. The maximum atomic E-state index is 12.9. The van der Waals surface area contributed by atoms with Gasteiger partial charge in [0.1, 0.15) is 23.9 Å². The van der Waals surface area contributed by atoms with E-state index in [1.54, 1.807) is 7.11 Å². The molecule has 0 N–H and O–H groups in total. The predicted molar refractivity (Wildman–Crippen MR) is 126 cm³/mol. The zero-order valence-electron chi connectivity index (χ0n) is 18.7. The van der Waals surface area contributed by atoms with Crippen molar-refractivity contribution < 1.29 is 22.6 Å². The molecule has 1 aliphatic rings. The Labute approximate surface area is 201 Å². The number of hydrogen-bond donors (Lipinski definition) is 0. The Balaban J connectivity index is 1.34. The smallest absolute Gasteiger partial charge is 0.417 e. The molecule has 2 heterocycles. The molecule has 0 unspecified atom stereocenters. The molecule has 0 spiro atoms. The first-order chi connectivity index (χ1) is 16.3. The van der Waals surface area contributed by atoms with Crippen molar-refractivity contribution in [3.8, 4) is 11.5 Å². The molecule has 0 atom stereocenters. The zero-order chi connectivity index (χ0) is 24.1. The van der Waals surface area contributed by atoms with Crippen LogP contribution in [0.5, 0.6) is 11.5 Å². The second-order valence-electron chi connectivity index (χ2n) is 8.04. The van der Waals surface area contributed by atoms with Crippen LogP contribution >= 0.6 is 11.6 Å². The summed E-state index contributed by atoms with van der Waals surface area (Å²) in [4.78, 5) is 8.15. The number of piperazine rings is 1. The Morgan fingerprint density at radius 3 is 2.38 bits per heavy atom. The SMILES string of the molecule is COc1cc(OCc2ccccc2)ccc1CN1CCN(c2ncc(C(F)(F)F)cc2Cl)CC1. The minimum absolute atomic E-state index is 0.0102. The van der Waals surface area contributed by atoms with Gasteiger partial charge < -0.3 is 14.4 Å².